The molecule has 3 rings (SSSR count). The molecule has 26 heavy (non-hydrogen) atoms. The van der Waals surface area contributed by atoms with Crippen molar-refractivity contribution in [2.75, 3.05) is 13.1 Å². The number of rotatable bonds is 6. The van der Waals surface area contributed by atoms with E-state index in [1.165, 1.54) is 18.4 Å². The smallest absolute Gasteiger partial charge is 0.251 e. The molecule has 2 aromatic carbocycles. The third-order valence-electron chi connectivity index (χ3n) is 5.07. The summed E-state index contributed by atoms with van der Waals surface area (Å²) in [6.07, 6.45) is 4.50. The average molecular weight is 371 g/mol. The van der Waals surface area contributed by atoms with Gasteiger partial charge < -0.3 is 10.6 Å². The summed E-state index contributed by atoms with van der Waals surface area (Å²) in [4.78, 5) is 24.3. The minimum Gasteiger partial charge on any atom is -0.354 e. The van der Waals surface area contributed by atoms with Crippen LogP contribution in [0.5, 0.6) is 0 Å². The lowest BCUT2D eigenvalue weighted by Gasteiger charge is -2.30. The zero-order valence-electron chi connectivity index (χ0n) is 14.6. The summed E-state index contributed by atoms with van der Waals surface area (Å²) in [6.45, 7) is 0.555. The van der Waals surface area contributed by atoms with Crippen molar-refractivity contribution < 1.29 is 9.59 Å². The predicted octanol–water partition coefficient (Wildman–Crippen LogP) is 3.70. The van der Waals surface area contributed by atoms with Gasteiger partial charge in [-0.3, -0.25) is 9.59 Å². The lowest BCUT2D eigenvalue weighted by molar-refractivity contribution is -0.120. The number of hydrogen-bond donors (Lipinski definition) is 2. The van der Waals surface area contributed by atoms with Crippen molar-refractivity contribution in [1.29, 1.82) is 0 Å². The molecule has 0 spiro atoms. The fourth-order valence-corrected chi connectivity index (χ4v) is 3.82. The maximum Gasteiger partial charge on any atom is 0.251 e. The van der Waals surface area contributed by atoms with Gasteiger partial charge in [0.05, 0.1) is 6.54 Å². The van der Waals surface area contributed by atoms with Crippen LogP contribution >= 0.6 is 11.6 Å². The van der Waals surface area contributed by atoms with Crippen LogP contribution in [-0.2, 0) is 10.2 Å². The zero-order valence-corrected chi connectivity index (χ0v) is 15.4. The Morgan fingerprint density at radius 3 is 2.38 bits per heavy atom. The van der Waals surface area contributed by atoms with Gasteiger partial charge in [-0.05, 0) is 36.6 Å². The minimum absolute atomic E-state index is 0.00782. The van der Waals surface area contributed by atoms with Crippen LogP contribution in [0.4, 0.5) is 0 Å². The summed E-state index contributed by atoms with van der Waals surface area (Å²) in [6, 6.07) is 17.0. The van der Waals surface area contributed by atoms with E-state index in [4.69, 9.17) is 11.6 Å². The van der Waals surface area contributed by atoms with E-state index in [9.17, 15) is 9.59 Å². The van der Waals surface area contributed by atoms with E-state index in [1.54, 1.807) is 24.3 Å². The second kappa shape index (κ2) is 8.37. The van der Waals surface area contributed by atoms with E-state index in [0.29, 0.717) is 17.1 Å². The van der Waals surface area contributed by atoms with Crippen LogP contribution in [-0.4, -0.2) is 24.9 Å². The topological polar surface area (TPSA) is 58.2 Å². The van der Waals surface area contributed by atoms with Crippen LogP contribution < -0.4 is 10.6 Å². The molecule has 1 aliphatic carbocycles. The van der Waals surface area contributed by atoms with Crippen LogP contribution in [0.3, 0.4) is 0 Å². The monoisotopic (exact) mass is 370 g/mol. The number of amides is 2. The Bertz CT molecular complexity index is 771. The van der Waals surface area contributed by atoms with Gasteiger partial charge in [-0.25, -0.2) is 0 Å². The van der Waals surface area contributed by atoms with Crippen molar-refractivity contribution in [3.63, 3.8) is 0 Å². The molecule has 136 valence electrons. The summed E-state index contributed by atoms with van der Waals surface area (Å²) in [5.41, 5.74) is 1.73. The third-order valence-corrected chi connectivity index (χ3v) is 5.30. The largest absolute Gasteiger partial charge is 0.354 e. The van der Waals surface area contributed by atoms with Crippen molar-refractivity contribution in [2.45, 2.75) is 31.1 Å². The normalized spacial score (nSPS) is 15.4. The molecule has 0 unspecified atom stereocenters. The summed E-state index contributed by atoms with van der Waals surface area (Å²) in [7, 11) is 0. The highest BCUT2D eigenvalue weighted by atomic mass is 35.5. The van der Waals surface area contributed by atoms with Gasteiger partial charge in [-0.15, -0.1) is 0 Å². The molecule has 0 aromatic heterocycles. The molecule has 1 fully saturated rings. The Balaban J connectivity index is 1.54. The van der Waals surface area contributed by atoms with Gasteiger partial charge >= 0.3 is 0 Å². The molecule has 1 aliphatic rings. The molecule has 0 atom stereocenters. The first-order chi connectivity index (χ1) is 12.6. The van der Waals surface area contributed by atoms with Crippen molar-refractivity contribution in [3.8, 4) is 0 Å². The number of carbonyl (C=O) groups excluding carboxylic acids is 2. The molecule has 2 amide bonds. The maximum atomic E-state index is 12.2. The van der Waals surface area contributed by atoms with E-state index in [2.05, 4.69) is 22.8 Å². The van der Waals surface area contributed by atoms with Crippen LogP contribution in [0.2, 0.25) is 5.02 Å². The summed E-state index contributed by atoms with van der Waals surface area (Å²) in [5, 5.41) is 6.14. The van der Waals surface area contributed by atoms with E-state index in [1.807, 2.05) is 18.2 Å². The first kappa shape index (κ1) is 18.5. The van der Waals surface area contributed by atoms with E-state index in [-0.39, 0.29) is 23.8 Å². The summed E-state index contributed by atoms with van der Waals surface area (Å²) >= 11 is 5.89. The van der Waals surface area contributed by atoms with Crippen molar-refractivity contribution in [2.24, 2.45) is 0 Å². The highest BCUT2D eigenvalue weighted by molar-refractivity contribution is 6.30. The summed E-state index contributed by atoms with van der Waals surface area (Å²) < 4.78 is 0. The Kier molecular flexibility index (Phi) is 5.94. The highest BCUT2D eigenvalue weighted by Gasteiger charge is 2.35. The van der Waals surface area contributed by atoms with Crippen LogP contribution in [0.15, 0.2) is 54.6 Å². The number of benzene rings is 2. The van der Waals surface area contributed by atoms with Gasteiger partial charge in [-0.1, -0.05) is 60.8 Å². The Hall–Kier alpha value is -2.33. The van der Waals surface area contributed by atoms with Gasteiger partial charge in [0.25, 0.3) is 5.91 Å². The fourth-order valence-electron chi connectivity index (χ4n) is 3.63. The number of halogens is 1. The number of nitrogens with one attached hydrogen (secondary N) is 2. The van der Waals surface area contributed by atoms with E-state index in [0.717, 1.165) is 12.8 Å². The highest BCUT2D eigenvalue weighted by Crippen LogP contribution is 2.40. The minimum atomic E-state index is -0.304. The van der Waals surface area contributed by atoms with E-state index >= 15 is 0 Å². The molecule has 0 radical (unpaired) electrons. The van der Waals surface area contributed by atoms with Crippen molar-refractivity contribution >= 4 is 23.4 Å². The zero-order chi connectivity index (χ0) is 18.4. The molecule has 0 heterocycles. The Morgan fingerprint density at radius 1 is 0.962 bits per heavy atom. The molecule has 1 saturated carbocycles. The molecular formula is C21H23ClN2O2. The standard InChI is InChI=1S/C21H23ClN2O2/c22-18-10-6-7-16(13-18)20(26)23-14-19(25)24-15-21(11-4-5-12-21)17-8-2-1-3-9-17/h1-3,6-10,13H,4-5,11-12,14-15H2,(H,23,26)(H,24,25). The van der Waals surface area contributed by atoms with Gasteiger partial charge in [0.1, 0.15) is 0 Å². The molecule has 5 heteroatoms. The lowest BCUT2D eigenvalue weighted by atomic mass is 9.79. The Morgan fingerprint density at radius 2 is 1.69 bits per heavy atom. The molecular weight excluding hydrogens is 348 g/mol. The average Bonchev–Trinajstić information content (AvgIpc) is 3.15. The third kappa shape index (κ3) is 4.44. The van der Waals surface area contributed by atoms with Crippen LogP contribution in [0.25, 0.3) is 0 Å². The fraction of sp³-hybridized carbons (Fsp3) is 0.333. The lowest BCUT2D eigenvalue weighted by Crippen LogP contribution is -2.43. The quantitative estimate of drug-likeness (QED) is 0.814. The van der Waals surface area contributed by atoms with Gasteiger partial charge in [0.15, 0.2) is 0 Å². The van der Waals surface area contributed by atoms with Crippen molar-refractivity contribution in [3.05, 3.63) is 70.7 Å². The first-order valence-corrected chi connectivity index (χ1v) is 9.33. The Labute approximate surface area is 158 Å². The van der Waals surface area contributed by atoms with Gasteiger partial charge in [0.2, 0.25) is 5.91 Å². The molecule has 2 aromatic rings. The number of carbonyl (C=O) groups is 2. The second-order valence-electron chi connectivity index (χ2n) is 6.82. The number of hydrogen-bond acceptors (Lipinski definition) is 2. The SMILES string of the molecule is O=C(CNC(=O)c1cccc(Cl)c1)NCC1(c2ccccc2)CCCC1. The maximum absolute atomic E-state index is 12.2. The second-order valence-corrected chi connectivity index (χ2v) is 7.26. The summed E-state index contributed by atoms with van der Waals surface area (Å²) in [5.74, 6) is -0.483. The molecule has 0 bridgehead atoms. The molecule has 4 nitrogen and oxygen atoms in total. The molecule has 0 aliphatic heterocycles. The molecule has 2 N–H and O–H groups in total. The van der Waals surface area contributed by atoms with Gasteiger partial charge in [-0.2, -0.15) is 0 Å². The van der Waals surface area contributed by atoms with Crippen LogP contribution in [0, 0.1) is 0 Å². The first-order valence-electron chi connectivity index (χ1n) is 8.95. The van der Waals surface area contributed by atoms with Crippen molar-refractivity contribution in [1.82, 2.24) is 10.6 Å². The molecule has 0 saturated heterocycles. The van der Waals surface area contributed by atoms with E-state index < -0.39 is 0 Å². The predicted molar refractivity (Wildman–Crippen MR) is 103 cm³/mol. The van der Waals surface area contributed by atoms with Gasteiger partial charge in [0, 0.05) is 22.5 Å². The van der Waals surface area contributed by atoms with Crippen LogP contribution in [0.1, 0.15) is 41.6 Å².